The smallest absolute Gasteiger partial charge is 0.374 e. The van der Waals surface area contributed by atoms with E-state index in [1.165, 1.54) is 11.1 Å². The molecule has 0 aliphatic carbocycles. The van der Waals surface area contributed by atoms with Gasteiger partial charge in [0, 0.05) is 17.3 Å². The molecule has 0 aliphatic rings. The Morgan fingerprint density at radius 1 is 1.24 bits per heavy atom. The van der Waals surface area contributed by atoms with Crippen molar-refractivity contribution in [2.45, 2.75) is 13.5 Å². The molecule has 1 aromatic heterocycles. The quantitative estimate of drug-likeness (QED) is 0.551. The topological polar surface area (TPSA) is 94.9 Å². The average molecular weight is 366 g/mol. The van der Waals surface area contributed by atoms with Crippen LogP contribution in [-0.2, 0) is 16.1 Å². The summed E-state index contributed by atoms with van der Waals surface area (Å²) < 4.78 is 7.71. The van der Waals surface area contributed by atoms with E-state index in [1.807, 2.05) is 17.6 Å². The summed E-state index contributed by atoms with van der Waals surface area (Å²) in [7, 11) is 0. The molecule has 0 aliphatic heterocycles. The Morgan fingerprint density at radius 3 is 2.52 bits per heavy atom. The highest BCUT2D eigenvalue weighted by Crippen LogP contribution is 2.19. The predicted octanol–water partition coefficient (Wildman–Crippen LogP) is 2.39. The van der Waals surface area contributed by atoms with Crippen LogP contribution in [0.3, 0.4) is 0 Å². The van der Waals surface area contributed by atoms with Crippen molar-refractivity contribution in [3.8, 4) is 0 Å². The number of carboxylic acid groups (broad SMARTS) is 2. The number of fused-ring (bicyclic) bond motifs is 1. The number of aromatic nitrogens is 1. The molecule has 0 fully saturated rings. The molecule has 25 heavy (non-hydrogen) atoms. The van der Waals surface area contributed by atoms with Gasteiger partial charge in [-0.3, -0.25) is 9.59 Å². The lowest BCUT2D eigenvalue weighted by Gasteiger charge is -2.14. The summed E-state index contributed by atoms with van der Waals surface area (Å²) in [5, 5.41) is 18.2. The molecule has 2 N–H and O–H groups in total. The van der Waals surface area contributed by atoms with Crippen molar-refractivity contribution in [2.75, 3.05) is 13.1 Å². The number of nitrogens with zero attached hydrogens (tertiary/aromatic N) is 2. The summed E-state index contributed by atoms with van der Waals surface area (Å²) in [6.07, 6.45) is 6.34. The Hall–Kier alpha value is -2.80. The number of halogens is 1. The van der Waals surface area contributed by atoms with E-state index in [1.54, 1.807) is 30.4 Å². The minimum Gasteiger partial charge on any atom is -0.480 e. The van der Waals surface area contributed by atoms with Gasteiger partial charge in [-0.05, 0) is 25.1 Å². The van der Waals surface area contributed by atoms with E-state index in [2.05, 4.69) is 0 Å². The lowest BCUT2D eigenvalue weighted by atomic mass is 10.3. The van der Waals surface area contributed by atoms with Crippen LogP contribution in [0.2, 0.25) is 5.02 Å². The van der Waals surface area contributed by atoms with E-state index in [0.29, 0.717) is 23.0 Å². The Kier molecular flexibility index (Phi) is 6.19. The summed E-state index contributed by atoms with van der Waals surface area (Å²) in [6, 6.07) is 5.35. The molecule has 2 rings (SSSR count). The highest BCUT2D eigenvalue weighted by atomic mass is 35.5. The fourth-order valence-corrected chi connectivity index (χ4v) is 2.51. The fraction of sp³-hybridized carbons (Fsp3) is 0.235. The number of aryl methyl sites for hydroxylation is 1. The molecule has 0 saturated heterocycles. The van der Waals surface area contributed by atoms with Gasteiger partial charge in [-0.2, -0.15) is 4.57 Å². The Bertz CT molecular complexity index is 825. The van der Waals surface area contributed by atoms with Crippen molar-refractivity contribution in [1.29, 1.82) is 0 Å². The maximum Gasteiger partial charge on any atom is 0.374 e. The van der Waals surface area contributed by atoms with Crippen molar-refractivity contribution in [3.63, 3.8) is 0 Å². The lowest BCUT2D eigenvalue weighted by molar-refractivity contribution is -0.674. The highest BCUT2D eigenvalue weighted by molar-refractivity contribution is 6.31. The largest absolute Gasteiger partial charge is 0.480 e. The normalized spacial score (nSPS) is 11.6. The molecule has 2 aromatic rings. The molecule has 8 heteroatoms. The third-order valence-electron chi connectivity index (χ3n) is 3.33. The second-order valence-electron chi connectivity index (χ2n) is 5.19. The molecule has 132 valence electrons. The standard InChI is InChI=1S/C17H17ClN2O5/c1-2-20-13-9-12(18)6-7-14(13)25-15(20)5-3-4-8-19(10-16(21)22)11-17(23)24/h3-9H,2,10-11H2,1H3,(H-,21,22,23,24)/p+1. The number of aliphatic carboxylic acids is 2. The Labute approximate surface area is 149 Å². The van der Waals surface area contributed by atoms with Gasteiger partial charge in [0.2, 0.25) is 5.58 Å². The molecule has 0 atom stereocenters. The number of oxazole rings is 1. The van der Waals surface area contributed by atoms with Crippen LogP contribution in [-0.4, -0.2) is 40.1 Å². The summed E-state index contributed by atoms with van der Waals surface area (Å²) in [4.78, 5) is 22.7. The van der Waals surface area contributed by atoms with E-state index in [0.717, 1.165) is 5.52 Å². The zero-order chi connectivity index (χ0) is 18.4. The van der Waals surface area contributed by atoms with Gasteiger partial charge < -0.3 is 19.5 Å². The van der Waals surface area contributed by atoms with E-state index < -0.39 is 25.0 Å². The van der Waals surface area contributed by atoms with Crippen molar-refractivity contribution in [2.24, 2.45) is 0 Å². The van der Waals surface area contributed by atoms with Crippen LogP contribution >= 0.6 is 11.6 Å². The number of carbonyl (C=O) groups is 2. The van der Waals surface area contributed by atoms with E-state index >= 15 is 0 Å². The first kappa shape index (κ1) is 18.5. The third kappa shape index (κ3) is 5.09. The summed E-state index contributed by atoms with van der Waals surface area (Å²) in [6.45, 7) is 1.87. The van der Waals surface area contributed by atoms with Crippen molar-refractivity contribution in [3.05, 3.63) is 47.5 Å². The molecule has 1 heterocycles. The number of hydrogen-bond donors (Lipinski definition) is 2. The van der Waals surface area contributed by atoms with Crippen LogP contribution in [0.25, 0.3) is 17.2 Å². The molecule has 0 saturated carbocycles. The van der Waals surface area contributed by atoms with Gasteiger partial charge in [0.1, 0.15) is 19.6 Å². The van der Waals surface area contributed by atoms with Gasteiger partial charge >= 0.3 is 17.8 Å². The lowest BCUT2D eigenvalue weighted by Crippen LogP contribution is -2.33. The number of rotatable bonds is 8. The van der Waals surface area contributed by atoms with Crippen LogP contribution in [0.15, 0.2) is 41.0 Å². The van der Waals surface area contributed by atoms with Gasteiger partial charge in [0.15, 0.2) is 0 Å². The summed E-state index contributed by atoms with van der Waals surface area (Å²) in [5.74, 6) is -1.60. The molecular weight excluding hydrogens is 348 g/mol. The first-order valence-corrected chi connectivity index (χ1v) is 7.93. The van der Waals surface area contributed by atoms with E-state index in [-0.39, 0.29) is 0 Å². The maximum absolute atomic E-state index is 10.7. The van der Waals surface area contributed by atoms with Gasteiger partial charge in [0.05, 0.1) is 6.08 Å². The molecule has 1 aromatic carbocycles. The van der Waals surface area contributed by atoms with Crippen LogP contribution in [0.5, 0.6) is 0 Å². The molecule has 0 radical (unpaired) electrons. The van der Waals surface area contributed by atoms with Crippen LogP contribution < -0.4 is 4.57 Å². The molecule has 0 spiro atoms. The number of carboxylic acids is 2. The minimum atomic E-state index is -1.10. The SMILES string of the molecule is CC[n+]1c(C=CC=CN(CC(=O)O)CC(=O)O)oc2ccc(Cl)cc21. The Balaban J connectivity index is 2.19. The van der Waals surface area contributed by atoms with Gasteiger partial charge in [-0.15, -0.1) is 0 Å². The molecular formula is C17H18ClN2O5+. The highest BCUT2D eigenvalue weighted by Gasteiger charge is 2.18. The Morgan fingerprint density at radius 2 is 1.92 bits per heavy atom. The first-order chi connectivity index (χ1) is 11.9. The first-order valence-electron chi connectivity index (χ1n) is 7.55. The third-order valence-corrected chi connectivity index (χ3v) is 3.57. The van der Waals surface area contributed by atoms with Crippen LogP contribution in [0.4, 0.5) is 0 Å². The van der Waals surface area contributed by atoms with E-state index in [9.17, 15) is 9.59 Å². The van der Waals surface area contributed by atoms with Gasteiger partial charge in [-0.25, -0.2) is 0 Å². The maximum atomic E-state index is 10.7. The molecule has 7 nitrogen and oxygen atoms in total. The fourth-order valence-electron chi connectivity index (χ4n) is 2.34. The molecule has 0 bridgehead atoms. The zero-order valence-corrected chi connectivity index (χ0v) is 14.3. The minimum absolute atomic E-state index is 0.394. The summed E-state index contributed by atoms with van der Waals surface area (Å²) in [5.41, 5.74) is 1.57. The second kappa shape index (κ2) is 8.34. The second-order valence-corrected chi connectivity index (χ2v) is 5.63. The zero-order valence-electron chi connectivity index (χ0n) is 13.6. The number of allylic oxidation sites excluding steroid dienone is 2. The molecule has 0 unspecified atom stereocenters. The number of benzene rings is 1. The van der Waals surface area contributed by atoms with Crippen molar-refractivity contribution >= 4 is 40.7 Å². The predicted molar refractivity (Wildman–Crippen MR) is 92.1 cm³/mol. The van der Waals surface area contributed by atoms with Crippen LogP contribution in [0, 0.1) is 0 Å². The number of hydrogen-bond acceptors (Lipinski definition) is 4. The van der Waals surface area contributed by atoms with E-state index in [4.69, 9.17) is 26.2 Å². The van der Waals surface area contributed by atoms with Crippen LogP contribution in [0.1, 0.15) is 12.8 Å². The monoisotopic (exact) mass is 365 g/mol. The molecule has 0 amide bonds. The summed E-state index contributed by atoms with van der Waals surface area (Å²) >= 11 is 6.02. The average Bonchev–Trinajstić information content (AvgIpc) is 2.86. The van der Waals surface area contributed by atoms with Gasteiger partial charge in [-0.1, -0.05) is 17.7 Å². The van der Waals surface area contributed by atoms with Gasteiger partial charge in [0.25, 0.3) is 5.52 Å². The van der Waals surface area contributed by atoms with Crippen molar-refractivity contribution < 1.29 is 28.8 Å². The van der Waals surface area contributed by atoms with Crippen molar-refractivity contribution in [1.82, 2.24) is 4.90 Å².